The van der Waals surface area contributed by atoms with Crippen LogP contribution in [-0.2, 0) is 11.3 Å². The van der Waals surface area contributed by atoms with Gasteiger partial charge in [0.15, 0.2) is 5.82 Å². The number of aliphatic hydroxyl groups is 1. The van der Waals surface area contributed by atoms with Gasteiger partial charge in [0.05, 0.1) is 36.1 Å². The summed E-state index contributed by atoms with van der Waals surface area (Å²) in [5.41, 5.74) is 1.86. The summed E-state index contributed by atoms with van der Waals surface area (Å²) in [6.07, 6.45) is 5.08. The lowest BCUT2D eigenvalue weighted by Crippen LogP contribution is -2.33. The fourth-order valence-corrected chi connectivity index (χ4v) is 4.33. The summed E-state index contributed by atoms with van der Waals surface area (Å²) in [7, 11) is 0. The van der Waals surface area contributed by atoms with Crippen LogP contribution in [0.2, 0.25) is 0 Å². The fourth-order valence-electron chi connectivity index (χ4n) is 4.33. The molecule has 28 heavy (non-hydrogen) atoms. The number of pyridine rings is 1. The minimum atomic E-state index is -0.168. The van der Waals surface area contributed by atoms with E-state index in [1.165, 1.54) is 0 Å². The lowest BCUT2D eigenvalue weighted by atomic mass is 10.1. The van der Waals surface area contributed by atoms with Gasteiger partial charge in [-0.05, 0) is 19.3 Å². The van der Waals surface area contributed by atoms with Crippen molar-refractivity contribution in [2.45, 2.75) is 38.3 Å². The molecule has 3 aliphatic rings. The molecule has 0 radical (unpaired) electrons. The number of carbonyl (C=O) groups excluding carboxylic acids is 2. The number of hydrogen-bond donors (Lipinski definition) is 2. The van der Waals surface area contributed by atoms with Crippen LogP contribution in [-0.4, -0.2) is 57.4 Å². The second-order valence-corrected chi connectivity index (χ2v) is 7.44. The van der Waals surface area contributed by atoms with E-state index >= 15 is 0 Å². The van der Waals surface area contributed by atoms with E-state index in [4.69, 9.17) is 4.98 Å². The molecular weight excluding hydrogens is 360 g/mol. The fraction of sp³-hybridized carbons (Fsp3) is 0.474. The van der Waals surface area contributed by atoms with Crippen molar-refractivity contribution < 1.29 is 14.7 Å². The van der Waals surface area contributed by atoms with Crippen molar-refractivity contribution in [1.29, 1.82) is 0 Å². The average molecular weight is 382 g/mol. The molecule has 2 amide bonds. The van der Waals surface area contributed by atoms with Gasteiger partial charge in [-0.25, -0.2) is 9.67 Å². The molecular formula is C19H22N6O3. The number of anilines is 2. The van der Waals surface area contributed by atoms with Gasteiger partial charge in [0, 0.05) is 37.8 Å². The van der Waals surface area contributed by atoms with Crippen molar-refractivity contribution in [3.63, 3.8) is 0 Å². The monoisotopic (exact) mass is 382 g/mol. The van der Waals surface area contributed by atoms with Crippen molar-refractivity contribution >= 4 is 23.5 Å². The second kappa shape index (κ2) is 6.59. The molecule has 0 aromatic carbocycles. The SMILES string of the molecule is O=C1NCc2nc(N3CCCC3CO)cc(-n3ccc(N4CCCC4=O)n3)c21. The van der Waals surface area contributed by atoms with E-state index < -0.39 is 0 Å². The Morgan fingerprint density at radius 3 is 2.89 bits per heavy atom. The molecule has 0 aliphatic carbocycles. The first kappa shape index (κ1) is 17.2. The molecule has 0 saturated carbocycles. The highest BCUT2D eigenvalue weighted by Gasteiger charge is 2.31. The highest BCUT2D eigenvalue weighted by atomic mass is 16.3. The van der Waals surface area contributed by atoms with E-state index in [-0.39, 0.29) is 24.5 Å². The van der Waals surface area contributed by atoms with E-state index in [2.05, 4.69) is 15.3 Å². The molecule has 2 saturated heterocycles. The summed E-state index contributed by atoms with van der Waals surface area (Å²) < 4.78 is 1.65. The summed E-state index contributed by atoms with van der Waals surface area (Å²) >= 11 is 0. The number of aromatic nitrogens is 3. The molecule has 1 atom stereocenters. The lowest BCUT2D eigenvalue weighted by Gasteiger charge is -2.25. The lowest BCUT2D eigenvalue weighted by molar-refractivity contribution is -0.117. The summed E-state index contributed by atoms with van der Waals surface area (Å²) in [5.74, 6) is 1.25. The predicted molar refractivity (Wildman–Crippen MR) is 102 cm³/mol. The molecule has 0 bridgehead atoms. The first-order valence-corrected chi connectivity index (χ1v) is 9.72. The minimum absolute atomic E-state index is 0.0406. The van der Waals surface area contributed by atoms with E-state index in [1.807, 2.05) is 6.07 Å². The van der Waals surface area contributed by atoms with E-state index in [1.54, 1.807) is 21.8 Å². The number of fused-ring (bicyclic) bond motifs is 1. The second-order valence-electron chi connectivity index (χ2n) is 7.44. The molecule has 9 heteroatoms. The number of carbonyl (C=O) groups is 2. The van der Waals surface area contributed by atoms with E-state index in [0.717, 1.165) is 31.6 Å². The topological polar surface area (TPSA) is 104 Å². The Bertz CT molecular complexity index is 955. The van der Waals surface area contributed by atoms with Crippen LogP contribution in [0.15, 0.2) is 18.3 Å². The minimum Gasteiger partial charge on any atom is -0.394 e. The molecule has 2 N–H and O–H groups in total. The van der Waals surface area contributed by atoms with Gasteiger partial charge in [-0.3, -0.25) is 14.5 Å². The van der Waals surface area contributed by atoms with E-state index in [9.17, 15) is 14.7 Å². The molecule has 0 spiro atoms. The van der Waals surface area contributed by atoms with Crippen molar-refractivity contribution in [3.8, 4) is 5.69 Å². The zero-order valence-electron chi connectivity index (χ0n) is 15.5. The Morgan fingerprint density at radius 2 is 2.11 bits per heavy atom. The summed E-state index contributed by atoms with van der Waals surface area (Å²) in [6, 6.07) is 3.70. The number of hydrogen-bond acceptors (Lipinski definition) is 6. The van der Waals surface area contributed by atoms with Gasteiger partial charge in [-0.2, -0.15) is 0 Å². The van der Waals surface area contributed by atoms with Crippen LogP contribution in [0, 0.1) is 0 Å². The van der Waals surface area contributed by atoms with Gasteiger partial charge in [-0.15, -0.1) is 5.10 Å². The van der Waals surface area contributed by atoms with Crippen LogP contribution in [0.4, 0.5) is 11.6 Å². The summed E-state index contributed by atoms with van der Waals surface area (Å²) in [4.78, 5) is 32.9. The molecule has 3 aliphatic heterocycles. The largest absolute Gasteiger partial charge is 0.394 e. The van der Waals surface area contributed by atoms with E-state index in [0.29, 0.717) is 42.3 Å². The molecule has 5 heterocycles. The highest BCUT2D eigenvalue weighted by Crippen LogP contribution is 2.31. The average Bonchev–Trinajstić information content (AvgIpc) is 3.47. The number of aliphatic hydroxyl groups excluding tert-OH is 1. The molecule has 2 aromatic heterocycles. The Hall–Kier alpha value is -2.94. The van der Waals surface area contributed by atoms with Crippen LogP contribution < -0.4 is 15.1 Å². The van der Waals surface area contributed by atoms with Crippen molar-refractivity contribution in [2.24, 2.45) is 0 Å². The highest BCUT2D eigenvalue weighted by molar-refractivity contribution is 6.01. The van der Waals surface area contributed by atoms with Gasteiger partial charge in [0.2, 0.25) is 5.91 Å². The maximum atomic E-state index is 12.4. The van der Waals surface area contributed by atoms with Gasteiger partial charge in [0.1, 0.15) is 5.82 Å². The number of amides is 2. The first-order chi connectivity index (χ1) is 13.7. The molecule has 9 nitrogen and oxygen atoms in total. The molecule has 1 unspecified atom stereocenters. The third-order valence-electron chi connectivity index (χ3n) is 5.76. The third kappa shape index (κ3) is 2.65. The Balaban J connectivity index is 1.58. The van der Waals surface area contributed by atoms with Crippen LogP contribution in [0.25, 0.3) is 5.69 Å². The van der Waals surface area contributed by atoms with Gasteiger partial charge in [0.25, 0.3) is 5.91 Å². The smallest absolute Gasteiger partial charge is 0.255 e. The summed E-state index contributed by atoms with van der Waals surface area (Å²) in [6.45, 7) is 1.95. The molecule has 146 valence electrons. The molecule has 5 rings (SSSR count). The normalized spacial score (nSPS) is 21.5. The predicted octanol–water partition coefficient (Wildman–Crippen LogP) is 0.599. The maximum Gasteiger partial charge on any atom is 0.255 e. The van der Waals surface area contributed by atoms with Crippen LogP contribution in [0.5, 0.6) is 0 Å². The van der Waals surface area contributed by atoms with Gasteiger partial charge >= 0.3 is 0 Å². The first-order valence-electron chi connectivity index (χ1n) is 9.72. The van der Waals surface area contributed by atoms with Crippen LogP contribution >= 0.6 is 0 Å². The number of nitrogens with zero attached hydrogens (tertiary/aromatic N) is 5. The number of rotatable bonds is 4. The zero-order chi connectivity index (χ0) is 19.3. The van der Waals surface area contributed by atoms with Gasteiger partial charge in [-0.1, -0.05) is 0 Å². The van der Waals surface area contributed by atoms with Crippen LogP contribution in [0.3, 0.4) is 0 Å². The Morgan fingerprint density at radius 1 is 1.21 bits per heavy atom. The van der Waals surface area contributed by atoms with Gasteiger partial charge < -0.3 is 15.3 Å². The quantitative estimate of drug-likeness (QED) is 0.803. The Kier molecular flexibility index (Phi) is 4.04. The zero-order valence-corrected chi connectivity index (χ0v) is 15.5. The Labute approximate surface area is 161 Å². The van der Waals surface area contributed by atoms with Crippen molar-refractivity contribution in [3.05, 3.63) is 29.6 Å². The van der Waals surface area contributed by atoms with Crippen LogP contribution in [0.1, 0.15) is 41.7 Å². The maximum absolute atomic E-state index is 12.4. The molecule has 2 fully saturated rings. The standard InChI is InChI=1S/C19H22N6O3/c26-11-12-3-1-6-23(12)16-9-14(18-13(21-16)10-20-19(18)28)25-8-5-15(22-25)24-7-2-4-17(24)27/h5,8-9,12,26H,1-4,6-7,10-11H2,(H,20,28). The summed E-state index contributed by atoms with van der Waals surface area (Å²) in [5, 5.41) is 17.1. The third-order valence-corrected chi connectivity index (χ3v) is 5.76. The molecule has 2 aromatic rings. The van der Waals surface area contributed by atoms with Crippen molar-refractivity contribution in [2.75, 3.05) is 29.5 Å². The number of nitrogens with one attached hydrogen (secondary N) is 1. The van der Waals surface area contributed by atoms with Crippen molar-refractivity contribution in [1.82, 2.24) is 20.1 Å².